The quantitative estimate of drug-likeness (QED) is 0.892. The van der Waals surface area contributed by atoms with Crippen molar-refractivity contribution < 1.29 is 26.1 Å². The Hall–Kier alpha value is -1.39. The van der Waals surface area contributed by atoms with Crippen LogP contribution >= 0.6 is 11.3 Å². The first-order chi connectivity index (χ1) is 10.1. The van der Waals surface area contributed by atoms with Gasteiger partial charge in [0.05, 0.1) is 4.88 Å². The van der Waals surface area contributed by atoms with Crippen LogP contribution in [0.4, 0.5) is 13.2 Å². The van der Waals surface area contributed by atoms with Crippen molar-refractivity contribution in [2.45, 2.75) is 36.7 Å². The monoisotopic (exact) mass is 354 g/mol. The van der Waals surface area contributed by atoms with Gasteiger partial charge in [-0.25, -0.2) is 13.1 Å². The van der Waals surface area contributed by atoms with Gasteiger partial charge < -0.3 is 4.52 Å². The number of alkyl halides is 3. The van der Waals surface area contributed by atoms with Gasteiger partial charge >= 0.3 is 6.18 Å². The van der Waals surface area contributed by atoms with E-state index in [0.717, 1.165) is 17.4 Å². The molecule has 0 spiro atoms. The van der Waals surface area contributed by atoms with Gasteiger partial charge in [-0.1, -0.05) is 12.1 Å². The highest BCUT2D eigenvalue weighted by molar-refractivity contribution is 7.91. The third-order valence-corrected chi connectivity index (χ3v) is 6.05. The van der Waals surface area contributed by atoms with Gasteiger partial charge in [0, 0.05) is 12.1 Å². The summed E-state index contributed by atoms with van der Waals surface area (Å²) in [6.45, 7) is 3.56. The molecule has 0 saturated heterocycles. The molecule has 5 nitrogen and oxygen atoms in total. The van der Waals surface area contributed by atoms with Crippen molar-refractivity contribution in [2.24, 2.45) is 0 Å². The third-order valence-electron chi connectivity index (χ3n) is 2.86. The molecule has 10 heteroatoms. The number of thiophene rings is 1. The molecule has 0 saturated carbocycles. The van der Waals surface area contributed by atoms with Crippen LogP contribution in [0.25, 0.3) is 10.6 Å². The molecule has 0 bridgehead atoms. The lowest BCUT2D eigenvalue weighted by Gasteiger charge is -2.10. The largest absolute Gasteiger partial charge is 0.452 e. The molecule has 2 aromatic rings. The highest BCUT2D eigenvalue weighted by atomic mass is 32.2. The van der Waals surface area contributed by atoms with Crippen LogP contribution < -0.4 is 4.72 Å². The fourth-order valence-corrected chi connectivity index (χ4v) is 4.14. The van der Waals surface area contributed by atoms with Gasteiger partial charge in [0.15, 0.2) is 0 Å². The predicted molar refractivity (Wildman–Crippen MR) is 74.9 cm³/mol. The van der Waals surface area contributed by atoms with Crippen molar-refractivity contribution in [1.29, 1.82) is 0 Å². The molecular formula is C12H13F3N2O3S2. The molecular weight excluding hydrogens is 341 g/mol. The topological polar surface area (TPSA) is 72.2 Å². The normalized spacial score (nSPS) is 14.2. The third kappa shape index (κ3) is 3.68. The van der Waals surface area contributed by atoms with E-state index in [9.17, 15) is 21.6 Å². The van der Waals surface area contributed by atoms with Crippen molar-refractivity contribution in [2.75, 3.05) is 0 Å². The fourth-order valence-electron chi connectivity index (χ4n) is 1.53. The molecule has 0 aliphatic carbocycles. The number of rotatable bonds is 5. The van der Waals surface area contributed by atoms with Gasteiger partial charge in [-0.2, -0.15) is 13.2 Å². The van der Waals surface area contributed by atoms with E-state index < -0.39 is 22.0 Å². The van der Waals surface area contributed by atoms with Crippen molar-refractivity contribution in [1.82, 2.24) is 9.88 Å². The lowest BCUT2D eigenvalue weighted by atomic mass is 10.3. The first-order valence-electron chi connectivity index (χ1n) is 6.30. The average molecular weight is 354 g/mol. The Bertz CT molecular complexity index is 750. The SMILES string of the molecule is CCC(C)NS(=O)(=O)c1ccc(-c2cc(C(F)(F)F)on2)s1. The highest BCUT2D eigenvalue weighted by Crippen LogP contribution is 2.35. The standard InChI is InChI=1S/C12H13F3N2O3S2/c1-3-7(2)17-22(18,19)11-5-4-9(21-11)8-6-10(20-16-8)12(13,14)15/h4-7,17H,3H2,1-2H3. The number of nitrogens with zero attached hydrogens (tertiary/aromatic N) is 1. The van der Waals surface area contributed by atoms with E-state index in [1.165, 1.54) is 12.1 Å². The number of nitrogens with one attached hydrogen (secondary N) is 1. The van der Waals surface area contributed by atoms with E-state index in [0.29, 0.717) is 6.42 Å². The summed E-state index contributed by atoms with van der Waals surface area (Å²) in [5.74, 6) is -1.22. The smallest absolute Gasteiger partial charge is 0.351 e. The first-order valence-corrected chi connectivity index (χ1v) is 8.60. The van der Waals surface area contributed by atoms with E-state index in [1.54, 1.807) is 6.92 Å². The lowest BCUT2D eigenvalue weighted by molar-refractivity contribution is -0.155. The maximum atomic E-state index is 12.5. The summed E-state index contributed by atoms with van der Waals surface area (Å²) in [6, 6.07) is 3.23. The molecule has 122 valence electrons. The van der Waals surface area contributed by atoms with Gasteiger partial charge in [0.1, 0.15) is 9.90 Å². The Labute approximate surface area is 129 Å². The maximum absolute atomic E-state index is 12.5. The second kappa shape index (κ2) is 6.01. The molecule has 2 aromatic heterocycles. The Balaban J connectivity index is 2.27. The van der Waals surface area contributed by atoms with Crippen molar-refractivity contribution in [3.63, 3.8) is 0 Å². The Morgan fingerprint density at radius 3 is 2.64 bits per heavy atom. The number of sulfonamides is 1. The average Bonchev–Trinajstić information content (AvgIpc) is 3.06. The van der Waals surface area contributed by atoms with Crippen LogP contribution in [-0.2, 0) is 16.2 Å². The maximum Gasteiger partial charge on any atom is 0.452 e. The van der Waals surface area contributed by atoms with Gasteiger partial charge in [-0.3, -0.25) is 0 Å². The second-order valence-corrected chi connectivity index (χ2v) is 7.65. The van der Waals surface area contributed by atoms with E-state index in [4.69, 9.17) is 0 Å². The van der Waals surface area contributed by atoms with E-state index in [2.05, 4.69) is 14.4 Å². The summed E-state index contributed by atoms with van der Waals surface area (Å²) >= 11 is 0.829. The molecule has 1 atom stereocenters. The Kier molecular flexibility index (Phi) is 4.64. The van der Waals surface area contributed by atoms with Gasteiger partial charge in [0.25, 0.3) is 0 Å². The molecule has 0 aliphatic heterocycles. The first kappa shape index (κ1) is 17.0. The van der Waals surface area contributed by atoms with Gasteiger partial charge in [-0.15, -0.1) is 11.3 Å². The zero-order chi connectivity index (χ0) is 16.5. The molecule has 0 fully saturated rings. The summed E-state index contributed by atoms with van der Waals surface area (Å²) in [6.07, 6.45) is -4.01. The van der Waals surface area contributed by atoms with E-state index in [-0.39, 0.29) is 20.8 Å². The van der Waals surface area contributed by atoms with Crippen LogP contribution in [0.5, 0.6) is 0 Å². The zero-order valence-electron chi connectivity index (χ0n) is 11.6. The molecule has 0 amide bonds. The summed E-state index contributed by atoms with van der Waals surface area (Å²) in [5, 5.41) is 3.33. The van der Waals surface area contributed by atoms with Crippen LogP contribution in [0.3, 0.4) is 0 Å². The Morgan fingerprint density at radius 2 is 2.09 bits per heavy atom. The molecule has 0 aromatic carbocycles. The van der Waals surface area contributed by atoms with Crippen LogP contribution in [0, 0.1) is 0 Å². The molecule has 0 aliphatic rings. The molecule has 2 heterocycles. The highest BCUT2D eigenvalue weighted by Gasteiger charge is 2.36. The minimum absolute atomic E-state index is 0.0133. The second-order valence-electron chi connectivity index (χ2n) is 4.62. The van der Waals surface area contributed by atoms with Crippen LogP contribution in [-0.4, -0.2) is 19.6 Å². The van der Waals surface area contributed by atoms with Gasteiger partial charge in [0.2, 0.25) is 15.8 Å². The van der Waals surface area contributed by atoms with Crippen LogP contribution in [0.1, 0.15) is 26.0 Å². The Morgan fingerprint density at radius 1 is 1.41 bits per heavy atom. The molecule has 1 N–H and O–H groups in total. The summed E-state index contributed by atoms with van der Waals surface area (Å²) in [5.41, 5.74) is -0.0534. The minimum Gasteiger partial charge on any atom is -0.351 e. The number of halogens is 3. The molecule has 22 heavy (non-hydrogen) atoms. The van der Waals surface area contributed by atoms with Crippen LogP contribution in [0.2, 0.25) is 0 Å². The molecule has 0 radical (unpaired) electrons. The summed E-state index contributed by atoms with van der Waals surface area (Å²) in [7, 11) is -3.69. The lowest BCUT2D eigenvalue weighted by Crippen LogP contribution is -2.31. The fraction of sp³-hybridized carbons (Fsp3) is 0.417. The van der Waals surface area contributed by atoms with Crippen LogP contribution in [0.15, 0.2) is 26.9 Å². The van der Waals surface area contributed by atoms with Gasteiger partial charge in [-0.05, 0) is 25.5 Å². The number of hydrogen-bond donors (Lipinski definition) is 1. The minimum atomic E-state index is -4.63. The number of aromatic nitrogens is 1. The number of hydrogen-bond acceptors (Lipinski definition) is 5. The van der Waals surface area contributed by atoms with Crippen molar-refractivity contribution in [3.05, 3.63) is 24.0 Å². The zero-order valence-corrected chi connectivity index (χ0v) is 13.3. The predicted octanol–water partition coefficient (Wildman–Crippen LogP) is 3.50. The van der Waals surface area contributed by atoms with Crippen molar-refractivity contribution >= 4 is 21.4 Å². The summed E-state index contributed by atoms with van der Waals surface area (Å²) in [4.78, 5) is 0.281. The molecule has 1 unspecified atom stereocenters. The summed E-state index contributed by atoms with van der Waals surface area (Å²) < 4.78 is 68.3. The van der Waals surface area contributed by atoms with Crippen molar-refractivity contribution in [3.8, 4) is 10.6 Å². The molecule has 2 rings (SSSR count). The van der Waals surface area contributed by atoms with E-state index >= 15 is 0 Å². The van der Waals surface area contributed by atoms with E-state index in [1.807, 2.05) is 6.92 Å².